The molecule has 150 valence electrons. The van der Waals surface area contributed by atoms with Crippen LogP contribution >= 0.6 is 11.8 Å². The summed E-state index contributed by atoms with van der Waals surface area (Å²) in [6.07, 6.45) is 6.49. The van der Waals surface area contributed by atoms with Gasteiger partial charge in [-0.1, -0.05) is 54.8 Å². The third-order valence-electron chi connectivity index (χ3n) is 5.71. The summed E-state index contributed by atoms with van der Waals surface area (Å²) in [5.41, 5.74) is 3.48. The van der Waals surface area contributed by atoms with E-state index in [9.17, 15) is 9.59 Å². The van der Waals surface area contributed by atoms with Crippen LogP contribution in [0.5, 0.6) is 0 Å². The van der Waals surface area contributed by atoms with Crippen molar-refractivity contribution < 1.29 is 14.7 Å². The predicted octanol–water partition coefficient (Wildman–Crippen LogP) is 5.12. The van der Waals surface area contributed by atoms with Gasteiger partial charge in [-0.2, -0.15) is 0 Å². The number of thioether (sulfide) groups is 1. The van der Waals surface area contributed by atoms with Crippen molar-refractivity contribution in [2.45, 2.75) is 50.4 Å². The van der Waals surface area contributed by atoms with E-state index in [1.807, 2.05) is 12.1 Å². The van der Waals surface area contributed by atoms with Crippen molar-refractivity contribution in [2.75, 3.05) is 0 Å². The molecule has 1 heterocycles. The van der Waals surface area contributed by atoms with E-state index >= 15 is 0 Å². The molecule has 1 aliphatic carbocycles. The molecule has 0 aromatic heterocycles. The molecule has 4 rings (SSSR count). The van der Waals surface area contributed by atoms with Crippen LogP contribution in [0.4, 0.5) is 0 Å². The molecule has 0 bridgehead atoms. The average molecular weight is 408 g/mol. The number of hydrogen-bond donors (Lipinski definition) is 1. The molecule has 1 aliphatic heterocycles. The maximum absolute atomic E-state index is 13.4. The van der Waals surface area contributed by atoms with E-state index in [1.165, 1.54) is 24.0 Å². The molecule has 2 unspecified atom stereocenters. The normalized spacial score (nSPS) is 23.1. The highest BCUT2D eigenvalue weighted by Crippen LogP contribution is 2.42. The van der Waals surface area contributed by atoms with Crippen LogP contribution in [0, 0.1) is 6.92 Å². The fourth-order valence-corrected chi connectivity index (χ4v) is 5.72. The molecule has 1 amide bonds. The van der Waals surface area contributed by atoms with Gasteiger partial charge < -0.3 is 10.0 Å². The van der Waals surface area contributed by atoms with Crippen LogP contribution in [0.25, 0.3) is 6.08 Å². The molecule has 4 nitrogen and oxygen atoms in total. The molecule has 1 saturated carbocycles. The number of amides is 1. The number of hydrogen-bond acceptors (Lipinski definition) is 3. The van der Waals surface area contributed by atoms with E-state index in [0.717, 1.165) is 23.3 Å². The number of carbonyl (C=O) groups excluding carboxylic acids is 1. The van der Waals surface area contributed by atoms with Crippen molar-refractivity contribution >= 4 is 29.7 Å². The molecule has 2 aromatic rings. The molecule has 2 fully saturated rings. The minimum Gasteiger partial charge on any atom is -0.478 e. The minimum atomic E-state index is -0.943. The van der Waals surface area contributed by atoms with E-state index in [-0.39, 0.29) is 17.5 Å². The molecule has 1 N–H and O–H groups in total. The summed E-state index contributed by atoms with van der Waals surface area (Å²) in [5, 5.41) is 9.51. The molecule has 0 spiro atoms. The summed E-state index contributed by atoms with van der Waals surface area (Å²) < 4.78 is 0. The number of rotatable bonds is 4. The van der Waals surface area contributed by atoms with Crippen molar-refractivity contribution in [2.24, 2.45) is 0 Å². The van der Waals surface area contributed by atoms with E-state index < -0.39 is 5.97 Å². The lowest BCUT2D eigenvalue weighted by atomic mass is 9.92. The summed E-state index contributed by atoms with van der Waals surface area (Å²) in [7, 11) is 0. The van der Waals surface area contributed by atoms with Crippen LogP contribution in [-0.2, 0) is 11.3 Å². The Morgan fingerprint density at radius 3 is 2.66 bits per heavy atom. The molecule has 2 aliphatic rings. The quantitative estimate of drug-likeness (QED) is 0.715. The number of carboxylic acids is 1. The molecule has 2 aromatic carbocycles. The second-order valence-corrected chi connectivity index (χ2v) is 9.15. The maximum atomic E-state index is 13.4. The summed E-state index contributed by atoms with van der Waals surface area (Å²) in [5.74, 6) is -0.858. The van der Waals surface area contributed by atoms with Gasteiger partial charge in [-0.25, -0.2) is 4.79 Å². The molecular formula is C24H25NO3S. The van der Waals surface area contributed by atoms with E-state index in [0.29, 0.717) is 11.8 Å². The van der Waals surface area contributed by atoms with Crippen molar-refractivity contribution in [3.05, 3.63) is 75.7 Å². The van der Waals surface area contributed by atoms with Gasteiger partial charge in [0.05, 0.1) is 10.5 Å². The lowest BCUT2D eigenvalue weighted by Gasteiger charge is -2.44. The van der Waals surface area contributed by atoms with Crippen molar-refractivity contribution in [3.8, 4) is 0 Å². The summed E-state index contributed by atoms with van der Waals surface area (Å²) in [6.45, 7) is 2.71. The van der Waals surface area contributed by atoms with Gasteiger partial charge in [-0.3, -0.25) is 4.79 Å². The second kappa shape index (κ2) is 8.46. The number of nitrogens with zero attached hydrogens (tertiary/aromatic N) is 1. The van der Waals surface area contributed by atoms with Crippen molar-refractivity contribution in [3.63, 3.8) is 0 Å². The van der Waals surface area contributed by atoms with Gasteiger partial charge in [0.15, 0.2) is 0 Å². The Morgan fingerprint density at radius 1 is 1.17 bits per heavy atom. The fraction of sp³-hybridized carbons (Fsp3) is 0.333. The van der Waals surface area contributed by atoms with Gasteiger partial charge in [-0.05, 0) is 49.1 Å². The predicted molar refractivity (Wildman–Crippen MR) is 117 cm³/mol. The number of aryl methyl sites for hydroxylation is 1. The van der Waals surface area contributed by atoms with Crippen LogP contribution in [0.15, 0.2) is 53.4 Å². The Labute approximate surface area is 175 Å². The first-order valence-corrected chi connectivity index (χ1v) is 11.0. The Hall–Kier alpha value is -2.53. The van der Waals surface area contributed by atoms with E-state index in [2.05, 4.69) is 30.0 Å². The summed E-state index contributed by atoms with van der Waals surface area (Å²) >= 11 is 1.70. The Morgan fingerprint density at radius 2 is 1.93 bits per heavy atom. The standard InChI is InChI=1S/C24H25NO3S/c1-16-5-4-6-18(13-16)15-25-20-7-2-3-8-21(20)29-22(23(25)26)14-17-9-11-19(12-10-17)24(27)28/h4-6,9-14,20-21H,2-3,7-8,15H2,1H3,(H,27,28)/b22-14-. The number of aromatic carboxylic acids is 1. The monoisotopic (exact) mass is 407 g/mol. The summed E-state index contributed by atoms with van der Waals surface area (Å²) in [4.78, 5) is 27.3. The first-order valence-electron chi connectivity index (χ1n) is 10.1. The van der Waals surface area contributed by atoms with E-state index in [1.54, 1.807) is 36.0 Å². The zero-order chi connectivity index (χ0) is 20.4. The largest absolute Gasteiger partial charge is 0.478 e. The average Bonchev–Trinajstić information content (AvgIpc) is 2.71. The van der Waals surface area contributed by atoms with Crippen molar-refractivity contribution in [1.82, 2.24) is 4.90 Å². The van der Waals surface area contributed by atoms with Crippen LogP contribution in [0.3, 0.4) is 0 Å². The third-order valence-corrected chi connectivity index (χ3v) is 7.11. The number of carboxylic acid groups (broad SMARTS) is 1. The van der Waals surface area contributed by atoms with Gasteiger partial charge in [0.2, 0.25) is 0 Å². The lowest BCUT2D eigenvalue weighted by Crippen LogP contribution is -2.50. The first kappa shape index (κ1) is 19.8. The minimum absolute atomic E-state index is 0.0852. The molecule has 0 radical (unpaired) electrons. The SMILES string of the molecule is Cc1cccc(CN2C(=O)/C(=C/c3ccc(C(=O)O)cc3)SC3CCCCC32)c1. The van der Waals surface area contributed by atoms with Gasteiger partial charge >= 0.3 is 5.97 Å². The molecule has 2 atom stereocenters. The highest BCUT2D eigenvalue weighted by molar-refractivity contribution is 8.04. The Kier molecular flexibility index (Phi) is 5.76. The maximum Gasteiger partial charge on any atom is 0.335 e. The Bertz CT molecular complexity index is 951. The number of benzene rings is 2. The Balaban J connectivity index is 1.63. The van der Waals surface area contributed by atoms with Crippen LogP contribution in [0.1, 0.15) is 52.7 Å². The molecule has 1 saturated heterocycles. The van der Waals surface area contributed by atoms with Crippen LogP contribution in [-0.4, -0.2) is 33.2 Å². The summed E-state index contributed by atoms with van der Waals surface area (Å²) in [6, 6.07) is 15.4. The smallest absolute Gasteiger partial charge is 0.335 e. The third kappa shape index (κ3) is 4.40. The van der Waals surface area contributed by atoms with Gasteiger partial charge in [0, 0.05) is 17.8 Å². The first-order chi connectivity index (χ1) is 14.0. The topological polar surface area (TPSA) is 57.6 Å². The highest BCUT2D eigenvalue weighted by atomic mass is 32.2. The highest BCUT2D eigenvalue weighted by Gasteiger charge is 2.40. The van der Waals surface area contributed by atoms with E-state index in [4.69, 9.17) is 5.11 Å². The number of carbonyl (C=O) groups is 2. The molecule has 29 heavy (non-hydrogen) atoms. The lowest BCUT2D eigenvalue weighted by molar-refractivity contribution is -0.130. The van der Waals surface area contributed by atoms with Gasteiger partial charge in [0.25, 0.3) is 5.91 Å². The second-order valence-electron chi connectivity index (χ2n) is 7.87. The number of fused-ring (bicyclic) bond motifs is 1. The molecular weight excluding hydrogens is 382 g/mol. The molecule has 5 heteroatoms. The zero-order valence-electron chi connectivity index (χ0n) is 16.5. The van der Waals surface area contributed by atoms with Gasteiger partial charge in [0.1, 0.15) is 0 Å². The zero-order valence-corrected chi connectivity index (χ0v) is 17.3. The van der Waals surface area contributed by atoms with Crippen molar-refractivity contribution in [1.29, 1.82) is 0 Å². The fourth-order valence-electron chi connectivity index (χ4n) is 4.24. The van der Waals surface area contributed by atoms with Gasteiger partial charge in [-0.15, -0.1) is 11.8 Å². The van der Waals surface area contributed by atoms with Crippen LogP contribution in [0.2, 0.25) is 0 Å². The van der Waals surface area contributed by atoms with Crippen LogP contribution < -0.4 is 0 Å².